The van der Waals surface area contributed by atoms with Gasteiger partial charge in [-0.3, -0.25) is 0 Å². The average Bonchev–Trinajstić information content (AvgIpc) is 2.20. The highest BCUT2D eigenvalue weighted by molar-refractivity contribution is 9.10. The fourth-order valence-corrected chi connectivity index (χ4v) is 1.35. The number of nitrogens with one attached hydrogen (secondary N) is 1. The van der Waals surface area contributed by atoms with Gasteiger partial charge in [0.05, 0.1) is 28.7 Å². The van der Waals surface area contributed by atoms with Crippen molar-refractivity contribution < 1.29 is 4.74 Å². The summed E-state index contributed by atoms with van der Waals surface area (Å²) in [4.78, 5) is 8.36. The van der Waals surface area contributed by atoms with Gasteiger partial charge in [0.2, 0.25) is 11.8 Å². The van der Waals surface area contributed by atoms with Crippen molar-refractivity contribution in [2.24, 2.45) is 0 Å². The number of alkyl halides is 1. The normalized spacial score (nSPS) is 13.4. The van der Waals surface area contributed by atoms with Crippen LogP contribution in [0.5, 0.6) is 5.88 Å². The zero-order chi connectivity index (χ0) is 12.3. The van der Waals surface area contributed by atoms with Gasteiger partial charge in [0.1, 0.15) is 0 Å². The predicted octanol–water partition coefficient (Wildman–Crippen LogP) is 3.07. The van der Waals surface area contributed by atoms with E-state index in [9.17, 15) is 0 Å². The zero-order valence-corrected chi connectivity index (χ0v) is 12.1. The van der Waals surface area contributed by atoms with Crippen LogP contribution in [0.3, 0.4) is 0 Å². The summed E-state index contributed by atoms with van der Waals surface area (Å²) in [6.07, 6.45) is 1.64. The van der Waals surface area contributed by atoms with E-state index in [1.165, 1.54) is 0 Å². The molecule has 0 bridgehead atoms. The summed E-state index contributed by atoms with van der Waals surface area (Å²) in [7, 11) is 1.56. The van der Waals surface area contributed by atoms with Crippen LogP contribution < -0.4 is 10.1 Å². The standard InChI is InChI=1S/C10H15BrClN3O/c1-6(12)10(2,3)15-9-13-5-7(11)8(14-9)16-4/h5-6H,1-4H3,(H,13,14,15). The van der Waals surface area contributed by atoms with Gasteiger partial charge in [0.25, 0.3) is 0 Å². The third-order valence-electron chi connectivity index (χ3n) is 2.33. The Labute approximate surface area is 109 Å². The Morgan fingerprint density at radius 3 is 2.69 bits per heavy atom. The molecule has 1 atom stereocenters. The summed E-state index contributed by atoms with van der Waals surface area (Å²) in [5, 5.41) is 3.11. The second-order valence-electron chi connectivity index (χ2n) is 4.01. The molecule has 1 rings (SSSR count). The van der Waals surface area contributed by atoms with Gasteiger partial charge in [-0.15, -0.1) is 11.6 Å². The number of ether oxygens (including phenoxy) is 1. The van der Waals surface area contributed by atoms with Gasteiger partial charge >= 0.3 is 0 Å². The van der Waals surface area contributed by atoms with E-state index in [-0.39, 0.29) is 10.9 Å². The maximum atomic E-state index is 6.07. The number of hydrogen-bond acceptors (Lipinski definition) is 4. The first kappa shape index (κ1) is 13.5. The van der Waals surface area contributed by atoms with Gasteiger partial charge < -0.3 is 10.1 Å². The van der Waals surface area contributed by atoms with E-state index in [1.807, 2.05) is 20.8 Å². The van der Waals surface area contributed by atoms with Crippen molar-refractivity contribution in [3.63, 3.8) is 0 Å². The van der Waals surface area contributed by atoms with Crippen LogP contribution in [0.1, 0.15) is 20.8 Å². The quantitative estimate of drug-likeness (QED) is 0.868. The Kier molecular flexibility index (Phi) is 4.38. The van der Waals surface area contributed by atoms with E-state index in [4.69, 9.17) is 16.3 Å². The van der Waals surface area contributed by atoms with E-state index in [1.54, 1.807) is 13.3 Å². The van der Waals surface area contributed by atoms with Gasteiger partial charge in [-0.1, -0.05) is 0 Å². The molecule has 0 spiro atoms. The average molecular weight is 309 g/mol. The second-order valence-corrected chi connectivity index (χ2v) is 5.52. The van der Waals surface area contributed by atoms with E-state index in [0.717, 1.165) is 4.47 Å². The Morgan fingerprint density at radius 2 is 2.19 bits per heavy atom. The van der Waals surface area contributed by atoms with Crippen LogP contribution in [0.25, 0.3) is 0 Å². The summed E-state index contributed by atoms with van der Waals surface area (Å²) in [6.45, 7) is 5.90. The van der Waals surface area contributed by atoms with Crippen LogP contribution in [-0.4, -0.2) is 28.0 Å². The van der Waals surface area contributed by atoms with Crippen molar-refractivity contribution in [3.05, 3.63) is 10.7 Å². The molecule has 0 amide bonds. The van der Waals surface area contributed by atoms with E-state index < -0.39 is 0 Å². The molecule has 1 unspecified atom stereocenters. The molecule has 1 aromatic heterocycles. The number of halogens is 2. The number of methoxy groups -OCH3 is 1. The van der Waals surface area contributed by atoms with Gasteiger partial charge in [-0.05, 0) is 36.7 Å². The van der Waals surface area contributed by atoms with Crippen LogP contribution in [0, 0.1) is 0 Å². The fraction of sp³-hybridized carbons (Fsp3) is 0.600. The van der Waals surface area contributed by atoms with Crippen molar-refractivity contribution in [1.29, 1.82) is 0 Å². The lowest BCUT2D eigenvalue weighted by Crippen LogP contribution is -2.39. The first-order valence-electron chi connectivity index (χ1n) is 4.85. The molecule has 90 valence electrons. The summed E-state index contributed by atoms with van der Waals surface area (Å²) in [5.74, 6) is 0.994. The molecule has 4 nitrogen and oxygen atoms in total. The van der Waals surface area contributed by atoms with Crippen molar-refractivity contribution in [3.8, 4) is 5.88 Å². The fourth-order valence-electron chi connectivity index (χ4n) is 0.942. The molecule has 0 radical (unpaired) electrons. The molecule has 0 aromatic carbocycles. The van der Waals surface area contributed by atoms with Gasteiger partial charge in [0, 0.05) is 0 Å². The maximum absolute atomic E-state index is 6.07. The minimum atomic E-state index is -0.291. The van der Waals surface area contributed by atoms with Crippen LogP contribution >= 0.6 is 27.5 Å². The predicted molar refractivity (Wildman–Crippen MR) is 69.3 cm³/mol. The molecule has 0 saturated carbocycles. The SMILES string of the molecule is COc1nc(NC(C)(C)C(C)Cl)ncc1Br. The minimum absolute atomic E-state index is 0.0502. The first-order valence-corrected chi connectivity index (χ1v) is 6.08. The first-order chi connectivity index (χ1) is 7.36. The Morgan fingerprint density at radius 1 is 1.56 bits per heavy atom. The Bertz CT molecular complexity index is 371. The lowest BCUT2D eigenvalue weighted by Gasteiger charge is -2.28. The van der Waals surface area contributed by atoms with E-state index in [2.05, 4.69) is 31.2 Å². The van der Waals surface area contributed by atoms with Crippen molar-refractivity contribution >= 4 is 33.5 Å². The molecule has 1 N–H and O–H groups in total. The lowest BCUT2D eigenvalue weighted by molar-refractivity contribution is 0.394. The summed E-state index contributed by atoms with van der Waals surface area (Å²) in [5.41, 5.74) is -0.291. The molecule has 0 aliphatic heterocycles. The largest absolute Gasteiger partial charge is 0.480 e. The maximum Gasteiger partial charge on any atom is 0.232 e. The minimum Gasteiger partial charge on any atom is -0.480 e. The molecule has 1 heterocycles. The number of rotatable bonds is 4. The van der Waals surface area contributed by atoms with Crippen LogP contribution in [0.2, 0.25) is 0 Å². The molecule has 0 fully saturated rings. The number of aromatic nitrogens is 2. The third kappa shape index (κ3) is 3.22. The van der Waals surface area contributed by atoms with Gasteiger partial charge in [0.15, 0.2) is 0 Å². The highest BCUT2D eigenvalue weighted by atomic mass is 79.9. The second kappa shape index (κ2) is 5.19. The lowest BCUT2D eigenvalue weighted by atomic mass is 10.0. The molecule has 16 heavy (non-hydrogen) atoms. The molecular weight excluding hydrogens is 293 g/mol. The van der Waals surface area contributed by atoms with Crippen molar-refractivity contribution in [2.45, 2.75) is 31.7 Å². The number of hydrogen-bond donors (Lipinski definition) is 1. The van der Waals surface area contributed by atoms with Gasteiger partial charge in [-0.2, -0.15) is 4.98 Å². The molecular formula is C10H15BrClN3O. The summed E-state index contributed by atoms with van der Waals surface area (Å²) < 4.78 is 5.81. The molecule has 0 aliphatic rings. The summed E-state index contributed by atoms with van der Waals surface area (Å²) in [6, 6.07) is 0. The zero-order valence-electron chi connectivity index (χ0n) is 9.71. The monoisotopic (exact) mass is 307 g/mol. The Balaban J connectivity index is 2.90. The highest BCUT2D eigenvalue weighted by Crippen LogP contribution is 2.24. The molecule has 1 aromatic rings. The van der Waals surface area contributed by atoms with E-state index >= 15 is 0 Å². The van der Waals surface area contributed by atoms with Crippen LogP contribution in [0.4, 0.5) is 5.95 Å². The topological polar surface area (TPSA) is 47.0 Å². The molecule has 6 heteroatoms. The highest BCUT2D eigenvalue weighted by Gasteiger charge is 2.25. The van der Waals surface area contributed by atoms with Crippen molar-refractivity contribution in [1.82, 2.24) is 9.97 Å². The Hall–Kier alpha value is -0.550. The molecule has 0 saturated heterocycles. The molecule has 0 aliphatic carbocycles. The third-order valence-corrected chi connectivity index (χ3v) is 3.42. The van der Waals surface area contributed by atoms with Gasteiger partial charge in [-0.25, -0.2) is 4.98 Å². The summed E-state index contributed by atoms with van der Waals surface area (Å²) >= 11 is 9.36. The number of nitrogens with zero attached hydrogens (tertiary/aromatic N) is 2. The number of anilines is 1. The van der Waals surface area contributed by atoms with Crippen LogP contribution in [0.15, 0.2) is 10.7 Å². The van der Waals surface area contributed by atoms with Crippen molar-refractivity contribution in [2.75, 3.05) is 12.4 Å². The van der Waals surface area contributed by atoms with Crippen LogP contribution in [-0.2, 0) is 0 Å². The smallest absolute Gasteiger partial charge is 0.232 e. The van der Waals surface area contributed by atoms with E-state index in [0.29, 0.717) is 11.8 Å².